The van der Waals surface area contributed by atoms with Gasteiger partial charge in [0.15, 0.2) is 0 Å². The number of hydrogen-bond donors (Lipinski definition) is 0. The van der Waals surface area contributed by atoms with Crippen LogP contribution in [0.15, 0.2) is 0 Å². The lowest BCUT2D eigenvalue weighted by atomic mass is 9.78. The summed E-state index contributed by atoms with van der Waals surface area (Å²) >= 11 is 0. The van der Waals surface area contributed by atoms with Crippen molar-refractivity contribution in [3.8, 4) is 0 Å². The Morgan fingerprint density at radius 1 is 0.154 bits per heavy atom. The highest BCUT2D eigenvalue weighted by molar-refractivity contribution is 4.72. The van der Waals surface area contributed by atoms with Gasteiger partial charge in [0.25, 0.3) is 0 Å². The van der Waals surface area contributed by atoms with Gasteiger partial charge in [-0.25, -0.2) is 0 Å². The van der Waals surface area contributed by atoms with Crippen LogP contribution in [0.5, 0.6) is 0 Å². The minimum Gasteiger partial charge on any atom is -0.0654 e. The molecule has 0 nitrogen and oxygen atoms in total. The molecule has 0 N–H and O–H groups in total. The van der Waals surface area contributed by atoms with Gasteiger partial charge >= 0.3 is 0 Å². The first-order valence-corrected chi connectivity index (χ1v) is 25.8. The van der Waals surface area contributed by atoms with Crippen LogP contribution in [0.1, 0.15) is 323 Å². The summed E-state index contributed by atoms with van der Waals surface area (Å²) < 4.78 is 0. The third-order valence-corrected chi connectivity index (χ3v) is 12.9. The summed E-state index contributed by atoms with van der Waals surface area (Å²) in [6, 6.07) is 0. The molecule has 0 amide bonds. The summed E-state index contributed by atoms with van der Waals surface area (Å²) in [5.41, 5.74) is 0. The first-order chi connectivity index (χ1) is 25.8. The van der Waals surface area contributed by atoms with E-state index in [4.69, 9.17) is 0 Å². The smallest absolute Gasteiger partial charge is 0.0386 e. The highest BCUT2D eigenvalue weighted by Crippen LogP contribution is 2.34. The van der Waals surface area contributed by atoms with Crippen LogP contribution in [0.2, 0.25) is 0 Å². The van der Waals surface area contributed by atoms with Gasteiger partial charge in [0.1, 0.15) is 0 Å². The van der Waals surface area contributed by atoms with E-state index in [2.05, 4.69) is 27.7 Å². The minimum absolute atomic E-state index is 1.02. The second-order valence-electron chi connectivity index (χ2n) is 18.1. The van der Waals surface area contributed by atoms with Crippen molar-refractivity contribution >= 4 is 0 Å². The quantitative estimate of drug-likeness (QED) is 0.0547. The fourth-order valence-corrected chi connectivity index (χ4v) is 9.16. The van der Waals surface area contributed by atoms with Crippen molar-refractivity contribution in [1.82, 2.24) is 0 Å². The molecule has 0 bridgehead atoms. The largest absolute Gasteiger partial charge is 0.0654 e. The molecule has 0 saturated carbocycles. The van der Waals surface area contributed by atoms with Crippen molar-refractivity contribution in [3.63, 3.8) is 0 Å². The topological polar surface area (TPSA) is 0 Å². The zero-order valence-electron chi connectivity index (χ0n) is 37.7. The molecular weight excluding hydrogens is 625 g/mol. The van der Waals surface area contributed by atoms with Gasteiger partial charge in [-0.15, -0.1) is 0 Å². The highest BCUT2D eigenvalue weighted by Gasteiger charge is 2.20. The fraction of sp³-hybridized carbons (Fsp3) is 1.00. The van der Waals surface area contributed by atoms with Crippen molar-refractivity contribution in [1.29, 1.82) is 0 Å². The molecule has 0 radical (unpaired) electrons. The van der Waals surface area contributed by atoms with Gasteiger partial charge in [-0.05, 0) is 11.8 Å². The molecule has 0 heterocycles. The molecule has 0 aromatic rings. The van der Waals surface area contributed by atoms with Crippen molar-refractivity contribution in [3.05, 3.63) is 0 Å². The summed E-state index contributed by atoms with van der Waals surface area (Å²) in [7, 11) is 0. The third-order valence-electron chi connectivity index (χ3n) is 12.9. The molecule has 0 spiro atoms. The van der Waals surface area contributed by atoms with Crippen LogP contribution >= 0.6 is 0 Å². The standard InChI is InChI=1S/C52H106/c1-5-9-13-17-21-25-29-33-37-41-45-49-51(47-43-39-35-31-27-23-19-15-11-7-3)52(48-44-40-36-32-28-24-20-16-12-8-4)50-46-42-38-34-30-26-22-18-14-10-6-2/h51-52H,5-50H2,1-4H3. The Morgan fingerprint density at radius 3 is 0.404 bits per heavy atom. The van der Waals surface area contributed by atoms with E-state index >= 15 is 0 Å². The van der Waals surface area contributed by atoms with Gasteiger partial charge in [-0.3, -0.25) is 0 Å². The summed E-state index contributed by atoms with van der Waals surface area (Å²) in [5.74, 6) is 2.04. The molecule has 0 aromatic carbocycles. The summed E-state index contributed by atoms with van der Waals surface area (Å²) in [4.78, 5) is 0. The van der Waals surface area contributed by atoms with E-state index in [1.807, 2.05) is 0 Å². The van der Waals surface area contributed by atoms with Gasteiger partial charge in [-0.1, -0.05) is 323 Å². The normalized spacial score (nSPS) is 12.9. The molecular formula is C52H106. The van der Waals surface area contributed by atoms with Gasteiger partial charge in [0.2, 0.25) is 0 Å². The van der Waals surface area contributed by atoms with Crippen molar-refractivity contribution < 1.29 is 0 Å². The maximum absolute atomic E-state index is 2.34. The van der Waals surface area contributed by atoms with E-state index in [9.17, 15) is 0 Å². The molecule has 0 saturated heterocycles. The predicted octanol–water partition coefficient (Wildman–Crippen LogP) is 20.2. The van der Waals surface area contributed by atoms with Gasteiger partial charge < -0.3 is 0 Å². The maximum Gasteiger partial charge on any atom is -0.0386 e. The van der Waals surface area contributed by atoms with Crippen LogP contribution in [-0.4, -0.2) is 0 Å². The predicted molar refractivity (Wildman–Crippen MR) is 242 cm³/mol. The van der Waals surface area contributed by atoms with E-state index in [0.717, 1.165) is 11.8 Å². The SMILES string of the molecule is CCCCCCCCCCCCCC(CCCCCCCCCCCC)C(CCCCCCCCCCCC)CCCCCCCCCCCCC. The molecule has 52 heavy (non-hydrogen) atoms. The lowest BCUT2D eigenvalue weighted by Gasteiger charge is -2.28. The monoisotopic (exact) mass is 731 g/mol. The number of hydrogen-bond acceptors (Lipinski definition) is 0. The molecule has 314 valence electrons. The molecule has 0 heteroatoms. The molecule has 0 aliphatic carbocycles. The van der Waals surface area contributed by atoms with Gasteiger partial charge in [0.05, 0.1) is 0 Å². The summed E-state index contributed by atoms with van der Waals surface area (Å²) in [6.45, 7) is 9.34. The second-order valence-corrected chi connectivity index (χ2v) is 18.1. The molecule has 0 fully saturated rings. The van der Waals surface area contributed by atoms with E-state index < -0.39 is 0 Å². The number of unbranched alkanes of at least 4 members (excludes halogenated alkanes) is 38. The van der Waals surface area contributed by atoms with Crippen LogP contribution in [0.25, 0.3) is 0 Å². The average Bonchev–Trinajstić information content (AvgIpc) is 3.15. The Labute approximate surface area is 333 Å². The fourth-order valence-electron chi connectivity index (χ4n) is 9.16. The van der Waals surface area contributed by atoms with Gasteiger partial charge in [0, 0.05) is 0 Å². The Hall–Kier alpha value is 0. The first kappa shape index (κ1) is 52.0. The Morgan fingerprint density at radius 2 is 0.269 bits per heavy atom. The summed E-state index contributed by atoms with van der Waals surface area (Å²) in [6.07, 6.45) is 68.3. The van der Waals surface area contributed by atoms with Gasteiger partial charge in [-0.2, -0.15) is 0 Å². The molecule has 0 rings (SSSR count). The van der Waals surface area contributed by atoms with Crippen LogP contribution in [0.3, 0.4) is 0 Å². The van der Waals surface area contributed by atoms with Crippen LogP contribution < -0.4 is 0 Å². The van der Waals surface area contributed by atoms with E-state index in [-0.39, 0.29) is 0 Å². The van der Waals surface area contributed by atoms with Crippen molar-refractivity contribution in [2.45, 2.75) is 323 Å². The third kappa shape index (κ3) is 41.2. The Balaban J connectivity index is 4.82. The molecule has 0 aromatic heterocycles. The Bertz CT molecular complexity index is 541. The molecule has 2 atom stereocenters. The van der Waals surface area contributed by atoms with E-state index in [1.165, 1.54) is 270 Å². The highest BCUT2D eigenvalue weighted by atomic mass is 14.3. The Kier molecular flexibility index (Phi) is 47.2. The zero-order chi connectivity index (χ0) is 37.7. The average molecular weight is 731 g/mol. The summed E-state index contributed by atoms with van der Waals surface area (Å²) in [5, 5.41) is 0. The lowest BCUT2D eigenvalue weighted by molar-refractivity contribution is 0.236. The molecule has 0 aliphatic heterocycles. The second kappa shape index (κ2) is 47.2. The zero-order valence-corrected chi connectivity index (χ0v) is 37.7. The molecule has 2 unspecified atom stereocenters. The van der Waals surface area contributed by atoms with E-state index in [0.29, 0.717) is 0 Å². The van der Waals surface area contributed by atoms with Crippen LogP contribution in [0, 0.1) is 11.8 Å². The van der Waals surface area contributed by atoms with Crippen LogP contribution in [-0.2, 0) is 0 Å². The number of rotatable bonds is 47. The first-order valence-electron chi connectivity index (χ1n) is 25.8. The lowest BCUT2D eigenvalue weighted by Crippen LogP contribution is -2.16. The van der Waals surface area contributed by atoms with Crippen LogP contribution in [0.4, 0.5) is 0 Å². The minimum atomic E-state index is 1.02. The molecule has 0 aliphatic rings. The maximum atomic E-state index is 2.34. The van der Waals surface area contributed by atoms with Crippen molar-refractivity contribution in [2.24, 2.45) is 11.8 Å². The van der Waals surface area contributed by atoms with E-state index in [1.54, 1.807) is 25.7 Å². The van der Waals surface area contributed by atoms with Crippen molar-refractivity contribution in [2.75, 3.05) is 0 Å².